The lowest BCUT2D eigenvalue weighted by molar-refractivity contribution is -0.116. The predicted molar refractivity (Wildman–Crippen MR) is 99.4 cm³/mol. The molecule has 3 N–H and O–H groups in total. The van der Waals surface area contributed by atoms with Gasteiger partial charge >= 0.3 is 5.69 Å². The van der Waals surface area contributed by atoms with E-state index in [4.69, 9.17) is 0 Å². The number of fused-ring (bicyclic) bond motifs is 1. The van der Waals surface area contributed by atoms with E-state index in [0.29, 0.717) is 18.2 Å². The first-order valence-electron chi connectivity index (χ1n) is 8.43. The first kappa shape index (κ1) is 17.7. The summed E-state index contributed by atoms with van der Waals surface area (Å²) in [5.41, 5.74) is 1.37. The number of aryl methyl sites for hydroxylation is 2. The minimum absolute atomic E-state index is 0.144. The molecule has 0 aliphatic rings. The lowest BCUT2D eigenvalue weighted by Crippen LogP contribution is -2.28. The zero-order valence-corrected chi connectivity index (χ0v) is 14.9. The molecule has 8 heteroatoms. The maximum atomic E-state index is 12.2. The summed E-state index contributed by atoms with van der Waals surface area (Å²) < 4.78 is 1.26. The summed E-state index contributed by atoms with van der Waals surface area (Å²) in [6, 6.07) is 7.74. The van der Waals surface area contributed by atoms with Crippen LogP contribution in [0.4, 0.5) is 5.69 Å². The Hall–Kier alpha value is -3.16. The molecule has 3 aromatic rings. The zero-order chi connectivity index (χ0) is 18.8. The summed E-state index contributed by atoms with van der Waals surface area (Å²) in [6.45, 7) is 4.19. The SMILES string of the molecule is CC(C)c1cccc(NC(=O)CCc2nc3c([nH]2)c(=O)[nH]c(=O)n3C)c1. The van der Waals surface area contributed by atoms with Crippen LogP contribution in [0.15, 0.2) is 33.9 Å². The van der Waals surface area contributed by atoms with Gasteiger partial charge < -0.3 is 10.3 Å². The van der Waals surface area contributed by atoms with Gasteiger partial charge in [0.15, 0.2) is 5.65 Å². The summed E-state index contributed by atoms with van der Waals surface area (Å²) in [5.74, 6) is 0.721. The molecular weight excluding hydrogens is 334 g/mol. The predicted octanol–water partition coefficient (Wildman–Crippen LogP) is 1.64. The van der Waals surface area contributed by atoms with Crippen molar-refractivity contribution in [2.45, 2.75) is 32.6 Å². The maximum absolute atomic E-state index is 12.2. The van der Waals surface area contributed by atoms with Crippen LogP contribution >= 0.6 is 0 Å². The fourth-order valence-corrected chi connectivity index (χ4v) is 2.70. The van der Waals surface area contributed by atoms with Crippen molar-refractivity contribution in [2.75, 3.05) is 5.32 Å². The molecule has 0 unspecified atom stereocenters. The number of anilines is 1. The van der Waals surface area contributed by atoms with E-state index >= 15 is 0 Å². The van der Waals surface area contributed by atoms with E-state index in [2.05, 4.69) is 34.1 Å². The second-order valence-corrected chi connectivity index (χ2v) is 6.53. The highest BCUT2D eigenvalue weighted by molar-refractivity contribution is 5.90. The lowest BCUT2D eigenvalue weighted by atomic mass is 10.0. The van der Waals surface area contributed by atoms with Crippen molar-refractivity contribution in [1.29, 1.82) is 0 Å². The number of nitrogens with one attached hydrogen (secondary N) is 3. The number of hydrogen-bond acceptors (Lipinski definition) is 4. The standard InChI is InChI=1S/C18H21N5O3/c1-10(2)11-5-4-6-12(9-11)19-14(24)8-7-13-20-15-16(21-13)23(3)18(26)22-17(15)25/h4-6,9-10H,7-8H2,1-3H3,(H,19,24)(H,20,21)(H,22,25,26). The zero-order valence-electron chi connectivity index (χ0n) is 14.9. The van der Waals surface area contributed by atoms with Crippen LogP contribution in [-0.4, -0.2) is 25.4 Å². The Labute approximate surface area is 149 Å². The van der Waals surface area contributed by atoms with E-state index in [-0.39, 0.29) is 23.5 Å². The van der Waals surface area contributed by atoms with Crippen LogP contribution in [0.1, 0.15) is 37.6 Å². The van der Waals surface area contributed by atoms with Gasteiger partial charge in [-0.3, -0.25) is 19.1 Å². The van der Waals surface area contributed by atoms with Crippen LogP contribution in [0.25, 0.3) is 11.2 Å². The molecule has 8 nitrogen and oxygen atoms in total. The number of imidazole rings is 1. The fourth-order valence-electron chi connectivity index (χ4n) is 2.70. The third-order valence-electron chi connectivity index (χ3n) is 4.23. The van der Waals surface area contributed by atoms with E-state index in [9.17, 15) is 14.4 Å². The van der Waals surface area contributed by atoms with E-state index < -0.39 is 11.2 Å². The fraction of sp³-hybridized carbons (Fsp3) is 0.333. The Kier molecular flexibility index (Phi) is 4.75. The van der Waals surface area contributed by atoms with Crippen LogP contribution in [0.3, 0.4) is 0 Å². The molecule has 2 heterocycles. The molecule has 3 rings (SSSR count). The minimum Gasteiger partial charge on any atom is -0.336 e. The van der Waals surface area contributed by atoms with Crippen LogP contribution < -0.4 is 16.6 Å². The highest BCUT2D eigenvalue weighted by Crippen LogP contribution is 2.18. The monoisotopic (exact) mass is 355 g/mol. The summed E-state index contributed by atoms with van der Waals surface area (Å²) >= 11 is 0. The third kappa shape index (κ3) is 3.58. The van der Waals surface area contributed by atoms with E-state index in [1.54, 1.807) is 0 Å². The van der Waals surface area contributed by atoms with E-state index in [0.717, 1.165) is 11.3 Å². The molecule has 2 aromatic heterocycles. The molecule has 1 amide bonds. The summed E-state index contributed by atoms with van der Waals surface area (Å²) in [7, 11) is 1.53. The van der Waals surface area contributed by atoms with Gasteiger partial charge in [-0.05, 0) is 23.6 Å². The van der Waals surface area contributed by atoms with Gasteiger partial charge in [-0.1, -0.05) is 26.0 Å². The topological polar surface area (TPSA) is 113 Å². The number of carbonyl (C=O) groups excluding carboxylic acids is 1. The minimum atomic E-state index is -0.525. The molecule has 0 bridgehead atoms. The van der Waals surface area contributed by atoms with Crippen molar-refractivity contribution in [2.24, 2.45) is 7.05 Å². The molecule has 136 valence electrons. The first-order chi connectivity index (χ1) is 12.3. The van der Waals surface area contributed by atoms with E-state index in [1.807, 2.05) is 24.3 Å². The molecule has 0 fully saturated rings. The summed E-state index contributed by atoms with van der Waals surface area (Å²) in [5, 5.41) is 2.87. The van der Waals surface area contributed by atoms with Crippen molar-refractivity contribution in [1.82, 2.24) is 19.5 Å². The van der Waals surface area contributed by atoms with Crippen LogP contribution in [0, 0.1) is 0 Å². The highest BCUT2D eigenvalue weighted by Gasteiger charge is 2.12. The number of benzene rings is 1. The van der Waals surface area contributed by atoms with Crippen molar-refractivity contribution in [3.63, 3.8) is 0 Å². The molecule has 0 saturated carbocycles. The summed E-state index contributed by atoms with van der Waals surface area (Å²) in [4.78, 5) is 44.9. The van der Waals surface area contributed by atoms with Gasteiger partial charge in [0.2, 0.25) is 5.91 Å². The largest absolute Gasteiger partial charge is 0.336 e. The number of nitrogens with zero attached hydrogens (tertiary/aromatic N) is 2. The Morgan fingerprint density at radius 3 is 2.77 bits per heavy atom. The highest BCUT2D eigenvalue weighted by atomic mass is 16.2. The van der Waals surface area contributed by atoms with Gasteiger partial charge in [0.25, 0.3) is 5.56 Å². The van der Waals surface area contributed by atoms with Crippen molar-refractivity contribution in [3.8, 4) is 0 Å². The number of H-pyrrole nitrogens is 2. The quantitative estimate of drug-likeness (QED) is 0.646. The second kappa shape index (κ2) is 6.99. The molecular formula is C18H21N5O3. The molecule has 0 saturated heterocycles. The maximum Gasteiger partial charge on any atom is 0.329 e. The Balaban J connectivity index is 1.70. The Bertz CT molecular complexity index is 1070. The molecule has 0 spiro atoms. The molecule has 0 aliphatic carbocycles. The normalized spacial score (nSPS) is 11.2. The number of aromatic nitrogens is 4. The number of rotatable bonds is 5. The lowest BCUT2D eigenvalue weighted by Gasteiger charge is -2.09. The molecule has 0 radical (unpaired) electrons. The first-order valence-corrected chi connectivity index (χ1v) is 8.43. The van der Waals surface area contributed by atoms with Gasteiger partial charge in [0.05, 0.1) is 0 Å². The van der Waals surface area contributed by atoms with Crippen LogP contribution in [-0.2, 0) is 18.3 Å². The molecule has 26 heavy (non-hydrogen) atoms. The van der Waals surface area contributed by atoms with Crippen molar-refractivity contribution < 1.29 is 4.79 Å². The van der Waals surface area contributed by atoms with Crippen molar-refractivity contribution >= 4 is 22.8 Å². The second-order valence-electron chi connectivity index (χ2n) is 6.53. The van der Waals surface area contributed by atoms with Crippen LogP contribution in [0.5, 0.6) is 0 Å². The average molecular weight is 355 g/mol. The van der Waals surface area contributed by atoms with Gasteiger partial charge in [-0.2, -0.15) is 0 Å². The Morgan fingerprint density at radius 2 is 2.04 bits per heavy atom. The number of aromatic amines is 2. The summed E-state index contributed by atoms with van der Waals surface area (Å²) in [6.07, 6.45) is 0.537. The molecule has 0 aliphatic heterocycles. The van der Waals surface area contributed by atoms with Crippen molar-refractivity contribution in [3.05, 3.63) is 56.5 Å². The number of hydrogen-bond donors (Lipinski definition) is 3. The van der Waals surface area contributed by atoms with Gasteiger partial charge in [-0.25, -0.2) is 9.78 Å². The number of carbonyl (C=O) groups is 1. The number of amides is 1. The van der Waals surface area contributed by atoms with E-state index in [1.165, 1.54) is 11.6 Å². The molecule has 1 aromatic carbocycles. The van der Waals surface area contributed by atoms with Gasteiger partial charge in [0, 0.05) is 25.6 Å². The van der Waals surface area contributed by atoms with Gasteiger partial charge in [-0.15, -0.1) is 0 Å². The Morgan fingerprint density at radius 1 is 1.27 bits per heavy atom. The average Bonchev–Trinajstić information content (AvgIpc) is 3.03. The van der Waals surface area contributed by atoms with Gasteiger partial charge in [0.1, 0.15) is 11.3 Å². The van der Waals surface area contributed by atoms with Crippen LogP contribution in [0.2, 0.25) is 0 Å². The molecule has 0 atom stereocenters. The smallest absolute Gasteiger partial charge is 0.329 e. The third-order valence-corrected chi connectivity index (χ3v) is 4.23.